The molecule has 0 aliphatic heterocycles. The number of aryl methyl sites for hydroxylation is 1. The van der Waals surface area contributed by atoms with E-state index in [9.17, 15) is 8.78 Å². The van der Waals surface area contributed by atoms with Gasteiger partial charge in [-0.3, -0.25) is 0 Å². The summed E-state index contributed by atoms with van der Waals surface area (Å²) in [6.45, 7) is 2.09. The Morgan fingerprint density at radius 1 is 1.31 bits per heavy atom. The van der Waals surface area contributed by atoms with Crippen molar-refractivity contribution in [2.45, 2.75) is 25.4 Å². The maximum atomic E-state index is 14.4. The fourth-order valence-electron chi connectivity index (χ4n) is 3.09. The molecule has 0 amide bonds. The van der Waals surface area contributed by atoms with E-state index < -0.39 is 5.67 Å². The predicted octanol–water partition coefficient (Wildman–Crippen LogP) is 3.63. The minimum absolute atomic E-state index is 0.216. The number of alkyl halides is 1. The van der Waals surface area contributed by atoms with E-state index in [-0.39, 0.29) is 12.4 Å². The van der Waals surface area contributed by atoms with Crippen LogP contribution in [0.25, 0.3) is 27.8 Å². The number of rotatable bonds is 4. The summed E-state index contributed by atoms with van der Waals surface area (Å²) >= 11 is 0. The van der Waals surface area contributed by atoms with Crippen molar-refractivity contribution in [2.75, 3.05) is 11.9 Å². The summed E-state index contributed by atoms with van der Waals surface area (Å²) in [5.74, 6) is -0.0104. The zero-order valence-corrected chi connectivity index (χ0v) is 14.1. The van der Waals surface area contributed by atoms with Gasteiger partial charge in [-0.25, -0.2) is 18.7 Å². The third-order valence-electron chi connectivity index (χ3n) is 4.84. The van der Waals surface area contributed by atoms with Crippen LogP contribution in [0, 0.1) is 12.7 Å². The number of aromatic amines is 1. The first-order valence-electron chi connectivity index (χ1n) is 8.43. The number of pyridine rings is 1. The molecule has 0 saturated heterocycles. The van der Waals surface area contributed by atoms with Crippen LogP contribution in [0.15, 0.2) is 30.9 Å². The number of imidazole rings is 1. The number of anilines is 1. The van der Waals surface area contributed by atoms with Crippen molar-refractivity contribution in [1.29, 1.82) is 0 Å². The zero-order valence-electron chi connectivity index (χ0n) is 14.1. The molecule has 0 bridgehead atoms. The number of fused-ring (bicyclic) bond motifs is 2. The topological polar surface area (TPSA) is 70.9 Å². The number of nitrogens with one attached hydrogen (secondary N) is 2. The molecule has 0 radical (unpaired) electrons. The molecule has 0 spiro atoms. The molecule has 0 atom stereocenters. The van der Waals surface area contributed by atoms with E-state index in [1.54, 1.807) is 23.0 Å². The van der Waals surface area contributed by atoms with Gasteiger partial charge in [0.2, 0.25) is 5.95 Å². The van der Waals surface area contributed by atoms with Gasteiger partial charge in [0, 0.05) is 47.0 Å². The Kier molecular flexibility index (Phi) is 3.07. The van der Waals surface area contributed by atoms with E-state index in [2.05, 4.69) is 25.3 Å². The van der Waals surface area contributed by atoms with Gasteiger partial charge in [-0.1, -0.05) is 0 Å². The van der Waals surface area contributed by atoms with E-state index in [4.69, 9.17) is 0 Å². The lowest BCUT2D eigenvalue weighted by Crippen LogP contribution is -2.17. The zero-order chi connectivity index (χ0) is 17.9. The number of halogens is 2. The molecule has 0 aromatic carbocycles. The van der Waals surface area contributed by atoms with Crippen LogP contribution in [0.2, 0.25) is 0 Å². The van der Waals surface area contributed by atoms with E-state index in [1.165, 1.54) is 6.07 Å². The molecule has 1 fully saturated rings. The van der Waals surface area contributed by atoms with Crippen LogP contribution in [-0.4, -0.2) is 36.6 Å². The predicted molar refractivity (Wildman–Crippen MR) is 94.3 cm³/mol. The average Bonchev–Trinajstić information content (AvgIpc) is 3.04. The van der Waals surface area contributed by atoms with Crippen molar-refractivity contribution < 1.29 is 8.78 Å². The van der Waals surface area contributed by atoms with Gasteiger partial charge < -0.3 is 14.7 Å². The quantitative estimate of drug-likeness (QED) is 0.587. The fraction of sp³-hybridized carbons (Fsp3) is 0.278. The van der Waals surface area contributed by atoms with E-state index in [0.29, 0.717) is 35.6 Å². The molecule has 4 heterocycles. The molecule has 132 valence electrons. The second-order valence-electron chi connectivity index (χ2n) is 6.83. The number of hydrogen-bond donors (Lipinski definition) is 2. The summed E-state index contributed by atoms with van der Waals surface area (Å²) in [5.41, 5.74) is 2.15. The van der Waals surface area contributed by atoms with Gasteiger partial charge in [0.25, 0.3) is 0 Å². The highest BCUT2D eigenvalue weighted by molar-refractivity contribution is 5.93. The summed E-state index contributed by atoms with van der Waals surface area (Å²) in [4.78, 5) is 15.8. The first-order chi connectivity index (χ1) is 12.5. The van der Waals surface area contributed by atoms with Crippen LogP contribution in [0.1, 0.15) is 18.5 Å². The van der Waals surface area contributed by atoms with Gasteiger partial charge >= 0.3 is 0 Å². The highest BCUT2D eigenvalue weighted by Gasteiger charge is 2.43. The molecule has 26 heavy (non-hydrogen) atoms. The summed E-state index contributed by atoms with van der Waals surface area (Å²) < 4.78 is 29.8. The standard InChI is InChI=1S/C18H16F2N6/c1-10-5-22-16-14(19)4-11(8-26(10)16)12-6-21-15-13(12)7-23-17(25-15)24-9-18(20)2-3-18/h4-8H,2-3,9H2,1H3,(H2,21,23,24,25). The number of hydrogen-bond acceptors (Lipinski definition) is 4. The van der Waals surface area contributed by atoms with Gasteiger partial charge in [-0.05, 0) is 25.8 Å². The Morgan fingerprint density at radius 3 is 2.96 bits per heavy atom. The van der Waals surface area contributed by atoms with Gasteiger partial charge in [0.1, 0.15) is 11.3 Å². The smallest absolute Gasteiger partial charge is 0.224 e. The first kappa shape index (κ1) is 15.2. The molecule has 4 aromatic heterocycles. The Bertz CT molecular complexity index is 1140. The van der Waals surface area contributed by atoms with Gasteiger partial charge in [0.15, 0.2) is 11.5 Å². The minimum atomic E-state index is -1.12. The van der Waals surface area contributed by atoms with Gasteiger partial charge in [-0.2, -0.15) is 4.98 Å². The number of nitrogens with zero attached hydrogens (tertiary/aromatic N) is 4. The first-order valence-corrected chi connectivity index (χ1v) is 8.43. The molecule has 5 rings (SSSR count). The molecular formula is C18H16F2N6. The SMILES string of the molecule is Cc1cnc2c(F)cc(-c3c[nH]c4nc(NCC5(F)CC5)ncc34)cn12. The van der Waals surface area contributed by atoms with E-state index in [1.807, 2.05) is 13.1 Å². The van der Waals surface area contributed by atoms with Crippen LogP contribution in [0.5, 0.6) is 0 Å². The van der Waals surface area contributed by atoms with Crippen molar-refractivity contribution in [3.63, 3.8) is 0 Å². The third-order valence-corrected chi connectivity index (χ3v) is 4.84. The lowest BCUT2D eigenvalue weighted by atomic mass is 10.1. The fourth-order valence-corrected chi connectivity index (χ4v) is 3.09. The van der Waals surface area contributed by atoms with E-state index >= 15 is 0 Å². The Balaban J connectivity index is 1.54. The molecule has 1 aliphatic rings. The highest BCUT2D eigenvalue weighted by atomic mass is 19.1. The molecule has 4 aromatic rings. The van der Waals surface area contributed by atoms with Crippen molar-refractivity contribution >= 4 is 22.6 Å². The molecular weight excluding hydrogens is 338 g/mol. The molecule has 0 unspecified atom stereocenters. The Morgan fingerprint density at radius 2 is 2.15 bits per heavy atom. The summed E-state index contributed by atoms with van der Waals surface area (Å²) in [7, 11) is 0. The van der Waals surface area contributed by atoms with E-state index in [0.717, 1.165) is 16.6 Å². The summed E-state index contributed by atoms with van der Waals surface area (Å²) in [5, 5.41) is 3.71. The second-order valence-corrected chi connectivity index (χ2v) is 6.83. The lowest BCUT2D eigenvalue weighted by Gasteiger charge is -2.07. The molecule has 6 nitrogen and oxygen atoms in total. The minimum Gasteiger partial charge on any atom is -0.351 e. The highest BCUT2D eigenvalue weighted by Crippen LogP contribution is 2.39. The van der Waals surface area contributed by atoms with Crippen molar-refractivity contribution in [3.05, 3.63) is 42.4 Å². The second kappa shape index (κ2) is 5.23. The van der Waals surface area contributed by atoms with Gasteiger partial charge in [-0.15, -0.1) is 0 Å². The number of H-pyrrole nitrogens is 1. The summed E-state index contributed by atoms with van der Waals surface area (Å²) in [6.07, 6.45) is 8.07. The van der Waals surface area contributed by atoms with Gasteiger partial charge in [0.05, 0.1) is 6.54 Å². The lowest BCUT2D eigenvalue weighted by molar-refractivity contribution is 0.326. The molecule has 8 heteroatoms. The third kappa shape index (κ3) is 2.40. The largest absolute Gasteiger partial charge is 0.351 e. The van der Waals surface area contributed by atoms with Crippen LogP contribution >= 0.6 is 0 Å². The Hall–Kier alpha value is -3.03. The van der Waals surface area contributed by atoms with Crippen LogP contribution < -0.4 is 5.32 Å². The Labute approximate surface area is 147 Å². The van der Waals surface area contributed by atoms with Crippen molar-refractivity contribution in [2.24, 2.45) is 0 Å². The van der Waals surface area contributed by atoms with Crippen molar-refractivity contribution in [3.8, 4) is 11.1 Å². The summed E-state index contributed by atoms with van der Waals surface area (Å²) in [6, 6.07) is 1.45. The number of aromatic nitrogens is 5. The van der Waals surface area contributed by atoms with Crippen LogP contribution in [-0.2, 0) is 0 Å². The van der Waals surface area contributed by atoms with Crippen LogP contribution in [0.3, 0.4) is 0 Å². The van der Waals surface area contributed by atoms with Crippen LogP contribution in [0.4, 0.5) is 14.7 Å². The maximum absolute atomic E-state index is 14.4. The molecule has 1 saturated carbocycles. The average molecular weight is 354 g/mol. The maximum Gasteiger partial charge on any atom is 0.224 e. The molecule has 1 aliphatic carbocycles. The molecule has 2 N–H and O–H groups in total. The monoisotopic (exact) mass is 354 g/mol. The normalized spacial score (nSPS) is 15.7. The van der Waals surface area contributed by atoms with Crippen molar-refractivity contribution in [1.82, 2.24) is 24.3 Å².